The van der Waals surface area contributed by atoms with Crippen molar-refractivity contribution in [2.24, 2.45) is 0 Å². The van der Waals surface area contributed by atoms with Gasteiger partial charge in [-0.2, -0.15) is 0 Å². The van der Waals surface area contributed by atoms with E-state index in [9.17, 15) is 9.90 Å². The van der Waals surface area contributed by atoms with E-state index >= 15 is 0 Å². The Morgan fingerprint density at radius 1 is 1.47 bits per heavy atom. The Bertz CT molecular complexity index is 377. The lowest BCUT2D eigenvalue weighted by Crippen LogP contribution is -2.32. The summed E-state index contributed by atoms with van der Waals surface area (Å²) in [5, 5.41) is 9.60. The maximum absolute atomic E-state index is 12.1. The van der Waals surface area contributed by atoms with E-state index in [4.69, 9.17) is 0 Å². The van der Waals surface area contributed by atoms with Crippen LogP contribution in [0.25, 0.3) is 0 Å². The standard InChI is InChI=1S/C14H19NO2/c1-2-13(17)14(11-6-4-3-5-7-11)15-9-8-12(16)10-15/h3-7,12,14,16H,2,8-10H2,1H3/t12-,14?/m0/s1. The van der Waals surface area contributed by atoms with Gasteiger partial charge in [-0.25, -0.2) is 0 Å². The molecule has 3 heteroatoms. The van der Waals surface area contributed by atoms with E-state index < -0.39 is 0 Å². The fraction of sp³-hybridized carbons (Fsp3) is 0.500. The highest BCUT2D eigenvalue weighted by Crippen LogP contribution is 2.26. The van der Waals surface area contributed by atoms with Crippen molar-refractivity contribution in [1.29, 1.82) is 0 Å². The normalized spacial score (nSPS) is 22.6. The van der Waals surface area contributed by atoms with Gasteiger partial charge in [-0.05, 0) is 12.0 Å². The van der Waals surface area contributed by atoms with Crippen LogP contribution in [0.5, 0.6) is 0 Å². The lowest BCUT2D eigenvalue weighted by atomic mass is 10.00. The van der Waals surface area contributed by atoms with Crippen LogP contribution in [0.15, 0.2) is 30.3 Å². The van der Waals surface area contributed by atoms with E-state index in [2.05, 4.69) is 4.90 Å². The number of likely N-dealkylation sites (tertiary alicyclic amines) is 1. The summed E-state index contributed by atoms with van der Waals surface area (Å²) in [5.41, 5.74) is 1.04. The number of rotatable bonds is 4. The van der Waals surface area contributed by atoms with Crippen molar-refractivity contribution >= 4 is 5.78 Å². The summed E-state index contributed by atoms with van der Waals surface area (Å²) in [6.07, 6.45) is 1.01. The SMILES string of the molecule is CCC(=O)C(c1ccccc1)N1CC[C@H](O)C1. The summed E-state index contributed by atoms with van der Waals surface area (Å²) in [4.78, 5) is 14.2. The minimum Gasteiger partial charge on any atom is -0.392 e. The molecule has 1 aromatic rings. The average molecular weight is 233 g/mol. The zero-order valence-corrected chi connectivity index (χ0v) is 10.2. The van der Waals surface area contributed by atoms with Crippen molar-refractivity contribution in [2.75, 3.05) is 13.1 Å². The largest absolute Gasteiger partial charge is 0.392 e. The highest BCUT2D eigenvalue weighted by atomic mass is 16.3. The van der Waals surface area contributed by atoms with Gasteiger partial charge in [0.2, 0.25) is 0 Å². The first-order valence-corrected chi connectivity index (χ1v) is 6.22. The van der Waals surface area contributed by atoms with E-state index in [1.165, 1.54) is 0 Å². The van der Waals surface area contributed by atoms with Crippen molar-refractivity contribution < 1.29 is 9.90 Å². The van der Waals surface area contributed by atoms with Gasteiger partial charge in [-0.3, -0.25) is 9.69 Å². The molecule has 92 valence electrons. The third-order valence-corrected chi connectivity index (χ3v) is 3.33. The van der Waals surface area contributed by atoms with Gasteiger partial charge in [0.1, 0.15) is 0 Å². The van der Waals surface area contributed by atoms with E-state index in [1.807, 2.05) is 37.3 Å². The Labute approximate surface area is 102 Å². The summed E-state index contributed by atoms with van der Waals surface area (Å²) in [6, 6.07) is 9.66. The molecule has 1 fully saturated rings. The molecule has 2 atom stereocenters. The number of Topliss-reactive ketones (excluding diaryl/α,β-unsaturated/α-hetero) is 1. The summed E-state index contributed by atoms with van der Waals surface area (Å²) in [5.74, 6) is 0.227. The predicted molar refractivity (Wildman–Crippen MR) is 66.7 cm³/mol. The van der Waals surface area contributed by atoms with E-state index in [0.29, 0.717) is 13.0 Å². The van der Waals surface area contributed by atoms with E-state index in [1.54, 1.807) is 0 Å². The molecule has 1 saturated heterocycles. The van der Waals surface area contributed by atoms with Crippen LogP contribution in [0.4, 0.5) is 0 Å². The second-order valence-corrected chi connectivity index (χ2v) is 4.57. The number of β-amino-alcohol motifs (C(OH)–C–C–N with tert-alkyl or cyclic N) is 1. The third-order valence-electron chi connectivity index (χ3n) is 3.33. The molecule has 17 heavy (non-hydrogen) atoms. The van der Waals surface area contributed by atoms with Gasteiger partial charge < -0.3 is 5.11 Å². The Balaban J connectivity index is 2.23. The van der Waals surface area contributed by atoms with E-state index in [-0.39, 0.29) is 17.9 Å². The molecular formula is C14H19NO2. The lowest BCUT2D eigenvalue weighted by molar-refractivity contribution is -0.124. The molecule has 1 N–H and O–H groups in total. The van der Waals surface area contributed by atoms with Crippen molar-refractivity contribution in [2.45, 2.75) is 31.9 Å². The number of hydrogen-bond acceptors (Lipinski definition) is 3. The molecule has 0 aliphatic carbocycles. The topological polar surface area (TPSA) is 40.5 Å². The van der Waals surface area contributed by atoms with Crippen LogP contribution in [0.2, 0.25) is 0 Å². The van der Waals surface area contributed by atoms with E-state index in [0.717, 1.165) is 18.5 Å². The minimum absolute atomic E-state index is 0.182. The Morgan fingerprint density at radius 3 is 2.71 bits per heavy atom. The summed E-state index contributed by atoms with van der Waals surface area (Å²) in [7, 11) is 0. The number of ketones is 1. The van der Waals surface area contributed by atoms with Gasteiger partial charge in [0.15, 0.2) is 5.78 Å². The number of carbonyl (C=O) groups is 1. The molecule has 3 nitrogen and oxygen atoms in total. The second-order valence-electron chi connectivity index (χ2n) is 4.57. The highest BCUT2D eigenvalue weighted by molar-refractivity contribution is 5.85. The third kappa shape index (κ3) is 2.73. The lowest BCUT2D eigenvalue weighted by Gasteiger charge is -2.26. The molecule has 1 aromatic carbocycles. The van der Waals surface area contributed by atoms with Crippen LogP contribution >= 0.6 is 0 Å². The summed E-state index contributed by atoms with van der Waals surface area (Å²) >= 11 is 0. The molecule has 1 heterocycles. The Kier molecular flexibility index (Phi) is 3.92. The first kappa shape index (κ1) is 12.3. The maximum atomic E-state index is 12.1. The van der Waals surface area contributed by atoms with Crippen molar-refractivity contribution in [3.63, 3.8) is 0 Å². The molecule has 1 aliphatic rings. The van der Waals surface area contributed by atoms with Crippen LogP contribution in [-0.4, -0.2) is 35.0 Å². The van der Waals surface area contributed by atoms with Crippen LogP contribution in [0.1, 0.15) is 31.4 Å². The Hall–Kier alpha value is -1.19. The van der Waals surface area contributed by atoms with Crippen molar-refractivity contribution in [1.82, 2.24) is 4.90 Å². The fourth-order valence-corrected chi connectivity index (χ4v) is 2.43. The predicted octanol–water partition coefficient (Wildman–Crippen LogP) is 1.77. The monoisotopic (exact) mass is 233 g/mol. The zero-order valence-electron chi connectivity index (χ0n) is 10.2. The molecule has 1 unspecified atom stereocenters. The number of nitrogens with zero attached hydrogens (tertiary/aromatic N) is 1. The molecule has 0 amide bonds. The molecule has 0 bridgehead atoms. The maximum Gasteiger partial charge on any atom is 0.154 e. The number of carbonyl (C=O) groups excluding carboxylic acids is 1. The molecule has 0 saturated carbocycles. The van der Waals surface area contributed by atoms with Crippen LogP contribution in [0, 0.1) is 0 Å². The first-order chi connectivity index (χ1) is 8.22. The first-order valence-electron chi connectivity index (χ1n) is 6.22. The van der Waals surface area contributed by atoms with Gasteiger partial charge in [-0.15, -0.1) is 0 Å². The van der Waals surface area contributed by atoms with Crippen LogP contribution < -0.4 is 0 Å². The summed E-state index contributed by atoms with van der Waals surface area (Å²) < 4.78 is 0. The van der Waals surface area contributed by atoms with Crippen LogP contribution in [-0.2, 0) is 4.79 Å². The quantitative estimate of drug-likeness (QED) is 0.861. The fourth-order valence-electron chi connectivity index (χ4n) is 2.43. The molecule has 2 rings (SSSR count). The second kappa shape index (κ2) is 5.43. The molecular weight excluding hydrogens is 214 g/mol. The summed E-state index contributed by atoms with van der Waals surface area (Å²) in [6.45, 7) is 3.29. The smallest absolute Gasteiger partial charge is 0.154 e. The molecule has 1 aliphatic heterocycles. The number of hydrogen-bond donors (Lipinski definition) is 1. The van der Waals surface area contributed by atoms with Gasteiger partial charge in [0.05, 0.1) is 12.1 Å². The Morgan fingerprint density at radius 2 is 2.18 bits per heavy atom. The van der Waals surface area contributed by atoms with Crippen molar-refractivity contribution in [3.05, 3.63) is 35.9 Å². The van der Waals surface area contributed by atoms with Gasteiger partial charge in [0.25, 0.3) is 0 Å². The van der Waals surface area contributed by atoms with Gasteiger partial charge in [0, 0.05) is 19.5 Å². The van der Waals surface area contributed by atoms with Crippen molar-refractivity contribution in [3.8, 4) is 0 Å². The van der Waals surface area contributed by atoms with Gasteiger partial charge >= 0.3 is 0 Å². The number of aliphatic hydroxyl groups is 1. The molecule has 0 aromatic heterocycles. The molecule has 0 radical (unpaired) electrons. The number of aliphatic hydroxyl groups excluding tert-OH is 1. The highest BCUT2D eigenvalue weighted by Gasteiger charge is 2.31. The average Bonchev–Trinajstić information content (AvgIpc) is 2.77. The molecule has 0 spiro atoms. The van der Waals surface area contributed by atoms with Crippen LogP contribution in [0.3, 0.4) is 0 Å². The minimum atomic E-state index is -0.286. The number of benzene rings is 1. The zero-order chi connectivity index (χ0) is 12.3. The van der Waals surface area contributed by atoms with Gasteiger partial charge in [-0.1, -0.05) is 37.3 Å².